The molecule has 0 saturated carbocycles. The Morgan fingerprint density at radius 3 is 2.17 bits per heavy atom. The molecule has 24 heavy (non-hydrogen) atoms. The molecule has 1 amide bonds. The number of hydrogen-bond acceptors (Lipinski definition) is 4. The van der Waals surface area contributed by atoms with Gasteiger partial charge in [-0.15, -0.1) is 0 Å². The second-order valence-electron chi connectivity index (χ2n) is 5.48. The maximum Gasteiger partial charge on any atom is 0.256 e. The lowest BCUT2D eigenvalue weighted by molar-refractivity contribution is 0.102. The van der Waals surface area contributed by atoms with Crippen LogP contribution in [0, 0.1) is 6.92 Å². The Kier molecular flexibility index (Phi) is 4.63. The number of pyridine rings is 2. The summed E-state index contributed by atoms with van der Waals surface area (Å²) in [6.07, 6.45) is 3.53. The van der Waals surface area contributed by atoms with Crippen molar-refractivity contribution in [1.29, 1.82) is 0 Å². The molecule has 2 aromatic heterocycles. The third-order valence-electron chi connectivity index (χ3n) is 3.70. The van der Waals surface area contributed by atoms with Crippen molar-refractivity contribution in [3.63, 3.8) is 0 Å². The number of benzene rings is 1. The quantitative estimate of drug-likeness (QED) is 0.774. The molecule has 0 aliphatic carbocycles. The monoisotopic (exact) mass is 318 g/mol. The van der Waals surface area contributed by atoms with Gasteiger partial charge in [-0.05, 0) is 42.8 Å². The van der Waals surface area contributed by atoms with Crippen molar-refractivity contribution >= 4 is 11.7 Å². The van der Waals surface area contributed by atoms with Gasteiger partial charge in [0.1, 0.15) is 5.82 Å². The van der Waals surface area contributed by atoms with Crippen molar-refractivity contribution in [1.82, 2.24) is 9.97 Å². The maximum atomic E-state index is 12.2. The van der Waals surface area contributed by atoms with Gasteiger partial charge in [0.2, 0.25) is 0 Å². The van der Waals surface area contributed by atoms with Crippen LogP contribution in [0.3, 0.4) is 0 Å². The van der Waals surface area contributed by atoms with Crippen LogP contribution in [0.25, 0.3) is 11.1 Å². The average molecular weight is 318 g/mol. The van der Waals surface area contributed by atoms with E-state index in [9.17, 15) is 4.79 Å². The highest BCUT2D eigenvalue weighted by atomic mass is 16.1. The largest absolute Gasteiger partial charge is 0.326 e. The second-order valence-corrected chi connectivity index (χ2v) is 5.48. The van der Waals surface area contributed by atoms with Crippen LogP contribution in [0.5, 0.6) is 0 Å². The third kappa shape index (κ3) is 3.64. The third-order valence-corrected chi connectivity index (χ3v) is 3.70. The second kappa shape index (κ2) is 7.02. The molecule has 3 N–H and O–H groups in total. The molecular weight excluding hydrogens is 300 g/mol. The van der Waals surface area contributed by atoms with Crippen LogP contribution in [0.2, 0.25) is 0 Å². The molecule has 0 bridgehead atoms. The summed E-state index contributed by atoms with van der Waals surface area (Å²) in [5.74, 6) is 0.308. The van der Waals surface area contributed by atoms with E-state index < -0.39 is 0 Å². The number of nitrogens with zero attached hydrogens (tertiary/aromatic N) is 2. The van der Waals surface area contributed by atoms with E-state index in [1.165, 1.54) is 0 Å². The molecule has 0 aliphatic heterocycles. The molecular formula is C19H18N4O. The summed E-state index contributed by atoms with van der Waals surface area (Å²) < 4.78 is 0. The molecule has 1 aromatic carbocycles. The van der Waals surface area contributed by atoms with Gasteiger partial charge in [-0.3, -0.25) is 9.78 Å². The smallest absolute Gasteiger partial charge is 0.256 e. The van der Waals surface area contributed by atoms with Crippen LogP contribution in [-0.2, 0) is 6.54 Å². The zero-order chi connectivity index (χ0) is 16.9. The van der Waals surface area contributed by atoms with Crippen LogP contribution in [0.1, 0.15) is 21.6 Å². The normalized spacial score (nSPS) is 10.4. The predicted octanol–water partition coefficient (Wildman–Crippen LogP) is 3.16. The molecule has 3 rings (SSSR count). The van der Waals surface area contributed by atoms with Gasteiger partial charge in [-0.25, -0.2) is 4.98 Å². The van der Waals surface area contributed by atoms with E-state index in [2.05, 4.69) is 15.3 Å². The lowest BCUT2D eigenvalue weighted by Gasteiger charge is -2.07. The summed E-state index contributed by atoms with van der Waals surface area (Å²) in [7, 11) is 0. The lowest BCUT2D eigenvalue weighted by atomic mass is 10.1. The molecule has 2 heterocycles. The Morgan fingerprint density at radius 1 is 0.958 bits per heavy atom. The number of nitrogens with two attached hydrogens (primary N) is 1. The van der Waals surface area contributed by atoms with Crippen LogP contribution in [-0.4, -0.2) is 15.9 Å². The number of aryl methyl sites for hydroxylation is 1. The first-order chi connectivity index (χ1) is 11.7. The molecule has 0 fully saturated rings. The summed E-state index contributed by atoms with van der Waals surface area (Å²) in [5.41, 5.74) is 10.0. The SMILES string of the molecule is Cc1ccc(-c2ccc(NC(=O)c3ccc(CN)cc3)nc2)cn1. The highest BCUT2D eigenvalue weighted by Crippen LogP contribution is 2.19. The summed E-state index contributed by atoms with van der Waals surface area (Å²) in [6.45, 7) is 2.40. The fraction of sp³-hybridized carbons (Fsp3) is 0.105. The summed E-state index contributed by atoms with van der Waals surface area (Å²) in [5, 5.41) is 2.79. The van der Waals surface area contributed by atoms with Crippen molar-refractivity contribution < 1.29 is 4.79 Å². The number of amides is 1. The van der Waals surface area contributed by atoms with E-state index in [1.807, 2.05) is 43.5 Å². The summed E-state index contributed by atoms with van der Waals surface area (Å²) >= 11 is 0. The number of rotatable bonds is 4. The first-order valence-corrected chi connectivity index (χ1v) is 7.65. The molecule has 0 aliphatic rings. The minimum Gasteiger partial charge on any atom is -0.326 e. The molecule has 5 heteroatoms. The van der Waals surface area contributed by atoms with Crippen LogP contribution < -0.4 is 11.1 Å². The van der Waals surface area contributed by atoms with E-state index in [1.54, 1.807) is 24.4 Å². The Bertz CT molecular complexity index is 825. The fourth-order valence-electron chi connectivity index (χ4n) is 2.26. The van der Waals surface area contributed by atoms with E-state index in [4.69, 9.17) is 5.73 Å². The van der Waals surface area contributed by atoms with Crippen LogP contribution in [0.4, 0.5) is 5.82 Å². The molecule has 5 nitrogen and oxygen atoms in total. The highest BCUT2D eigenvalue weighted by molar-refractivity contribution is 6.03. The number of nitrogens with one attached hydrogen (secondary N) is 1. The molecule has 3 aromatic rings. The minimum atomic E-state index is -0.198. The maximum absolute atomic E-state index is 12.2. The topological polar surface area (TPSA) is 80.9 Å². The number of hydrogen-bond donors (Lipinski definition) is 2. The molecule has 0 radical (unpaired) electrons. The van der Waals surface area contributed by atoms with Gasteiger partial charge < -0.3 is 11.1 Å². The van der Waals surface area contributed by atoms with Gasteiger partial charge >= 0.3 is 0 Å². The predicted molar refractivity (Wildman–Crippen MR) is 94.5 cm³/mol. The fourth-order valence-corrected chi connectivity index (χ4v) is 2.26. The Labute approximate surface area is 140 Å². The van der Waals surface area contributed by atoms with Gasteiger partial charge in [0.25, 0.3) is 5.91 Å². The van der Waals surface area contributed by atoms with E-state index in [-0.39, 0.29) is 5.91 Å². The van der Waals surface area contributed by atoms with Gasteiger partial charge in [-0.2, -0.15) is 0 Å². The minimum absolute atomic E-state index is 0.198. The van der Waals surface area contributed by atoms with Crippen molar-refractivity contribution in [2.45, 2.75) is 13.5 Å². The van der Waals surface area contributed by atoms with Crippen molar-refractivity contribution in [2.75, 3.05) is 5.32 Å². The Balaban J connectivity index is 1.71. The molecule has 120 valence electrons. The van der Waals surface area contributed by atoms with Gasteiger partial charge in [0.05, 0.1) is 0 Å². The molecule has 0 spiro atoms. The Morgan fingerprint density at radius 2 is 1.62 bits per heavy atom. The van der Waals surface area contributed by atoms with E-state index in [0.29, 0.717) is 17.9 Å². The molecule has 0 saturated heterocycles. The zero-order valence-electron chi connectivity index (χ0n) is 13.4. The van der Waals surface area contributed by atoms with E-state index >= 15 is 0 Å². The first kappa shape index (κ1) is 15.8. The summed E-state index contributed by atoms with van der Waals surface area (Å²) in [6, 6.07) is 14.8. The lowest BCUT2D eigenvalue weighted by Crippen LogP contribution is -2.13. The number of aromatic nitrogens is 2. The van der Waals surface area contributed by atoms with Crippen LogP contribution in [0.15, 0.2) is 60.9 Å². The van der Waals surface area contributed by atoms with E-state index in [0.717, 1.165) is 22.4 Å². The number of anilines is 1. The summed E-state index contributed by atoms with van der Waals surface area (Å²) in [4.78, 5) is 20.8. The van der Waals surface area contributed by atoms with Crippen molar-refractivity contribution in [3.05, 3.63) is 77.7 Å². The van der Waals surface area contributed by atoms with Gasteiger partial charge in [0, 0.05) is 41.3 Å². The standard InChI is InChI=1S/C19H18N4O/c1-13-2-5-16(11-21-13)17-8-9-18(22-12-17)23-19(24)15-6-3-14(10-20)4-7-15/h2-9,11-12H,10,20H2,1H3,(H,22,23,24). The number of carbonyl (C=O) groups is 1. The average Bonchev–Trinajstić information content (AvgIpc) is 2.63. The molecule has 0 atom stereocenters. The van der Waals surface area contributed by atoms with Gasteiger partial charge in [-0.1, -0.05) is 18.2 Å². The zero-order valence-corrected chi connectivity index (χ0v) is 13.4. The first-order valence-electron chi connectivity index (χ1n) is 7.65. The van der Waals surface area contributed by atoms with Crippen LogP contribution >= 0.6 is 0 Å². The molecule has 0 unspecified atom stereocenters. The Hall–Kier alpha value is -3.05. The number of carbonyl (C=O) groups excluding carboxylic acids is 1. The van der Waals surface area contributed by atoms with Gasteiger partial charge in [0.15, 0.2) is 0 Å². The van der Waals surface area contributed by atoms with Crippen molar-refractivity contribution in [2.24, 2.45) is 5.73 Å². The highest BCUT2D eigenvalue weighted by Gasteiger charge is 2.07. The van der Waals surface area contributed by atoms with Crippen molar-refractivity contribution in [3.8, 4) is 11.1 Å².